The van der Waals surface area contributed by atoms with E-state index in [2.05, 4.69) is 21.2 Å². The number of carbonyl (C=O) groups is 1. The van der Waals surface area contributed by atoms with Crippen LogP contribution in [0.2, 0.25) is 5.02 Å². The van der Waals surface area contributed by atoms with Crippen molar-refractivity contribution in [2.75, 3.05) is 5.32 Å². The highest BCUT2D eigenvalue weighted by atomic mass is 79.9. The Kier molecular flexibility index (Phi) is 3.34. The van der Waals surface area contributed by atoms with E-state index in [0.717, 1.165) is 47.2 Å². The van der Waals surface area contributed by atoms with Crippen LogP contribution in [0.1, 0.15) is 38.5 Å². The second kappa shape index (κ2) is 4.99. The molecule has 0 saturated heterocycles. The standard InChI is InChI=1S/C17H19BrClNO/c18-14-2-1-13(19)6-15(14)20-16(21)17-7-10-3-11(8-17)5-12(4-10)9-17/h1-2,6,10-12H,3-5,7-9H2,(H,20,21). The van der Waals surface area contributed by atoms with Crippen molar-refractivity contribution in [1.82, 2.24) is 0 Å². The molecule has 0 radical (unpaired) electrons. The van der Waals surface area contributed by atoms with Crippen LogP contribution in [0.5, 0.6) is 0 Å². The highest BCUT2D eigenvalue weighted by Crippen LogP contribution is 2.60. The van der Waals surface area contributed by atoms with E-state index in [4.69, 9.17) is 11.6 Å². The highest BCUT2D eigenvalue weighted by Gasteiger charge is 2.54. The first-order valence-electron chi connectivity index (χ1n) is 7.81. The van der Waals surface area contributed by atoms with Crippen molar-refractivity contribution in [3.8, 4) is 0 Å². The summed E-state index contributed by atoms with van der Waals surface area (Å²) in [4.78, 5) is 13.0. The zero-order chi connectivity index (χ0) is 14.6. The van der Waals surface area contributed by atoms with E-state index in [-0.39, 0.29) is 11.3 Å². The van der Waals surface area contributed by atoms with E-state index < -0.39 is 0 Å². The van der Waals surface area contributed by atoms with Crippen molar-refractivity contribution in [2.24, 2.45) is 23.2 Å². The fourth-order valence-corrected chi connectivity index (χ4v) is 5.75. The van der Waals surface area contributed by atoms with E-state index in [9.17, 15) is 4.79 Å². The SMILES string of the molecule is O=C(Nc1cc(Cl)ccc1Br)C12CC3CC(CC(C3)C1)C2. The summed E-state index contributed by atoms with van der Waals surface area (Å²) in [5.41, 5.74) is 0.680. The third-order valence-corrected chi connectivity index (χ3v) is 6.62. The molecule has 4 saturated carbocycles. The van der Waals surface area contributed by atoms with Crippen molar-refractivity contribution in [3.05, 3.63) is 27.7 Å². The van der Waals surface area contributed by atoms with Crippen LogP contribution in [0.25, 0.3) is 0 Å². The van der Waals surface area contributed by atoms with Crippen LogP contribution in [0.15, 0.2) is 22.7 Å². The second-order valence-corrected chi connectivity index (χ2v) is 8.57. The smallest absolute Gasteiger partial charge is 0.230 e. The summed E-state index contributed by atoms with van der Waals surface area (Å²) < 4.78 is 0.893. The van der Waals surface area contributed by atoms with Gasteiger partial charge in [-0.25, -0.2) is 0 Å². The van der Waals surface area contributed by atoms with Crippen molar-refractivity contribution >= 4 is 39.1 Å². The molecule has 4 fully saturated rings. The van der Waals surface area contributed by atoms with Crippen LogP contribution in [0, 0.1) is 23.2 Å². The van der Waals surface area contributed by atoms with Gasteiger partial charge in [0.15, 0.2) is 0 Å². The number of halogens is 2. The molecule has 4 aliphatic rings. The lowest BCUT2D eigenvalue weighted by molar-refractivity contribution is -0.140. The average Bonchev–Trinajstić information content (AvgIpc) is 2.41. The van der Waals surface area contributed by atoms with Crippen molar-refractivity contribution < 1.29 is 4.79 Å². The lowest BCUT2D eigenvalue weighted by atomic mass is 9.49. The predicted molar refractivity (Wildman–Crippen MR) is 88.4 cm³/mol. The maximum Gasteiger partial charge on any atom is 0.230 e. The summed E-state index contributed by atoms with van der Waals surface area (Å²) in [6, 6.07) is 5.54. The van der Waals surface area contributed by atoms with Gasteiger partial charge in [-0.1, -0.05) is 11.6 Å². The number of hydrogen-bond donors (Lipinski definition) is 1. The first-order valence-corrected chi connectivity index (χ1v) is 8.98. The molecule has 0 heterocycles. The van der Waals surface area contributed by atoms with E-state index in [1.807, 2.05) is 18.2 Å². The van der Waals surface area contributed by atoms with Gasteiger partial charge >= 0.3 is 0 Å². The van der Waals surface area contributed by atoms with E-state index >= 15 is 0 Å². The first kappa shape index (κ1) is 14.1. The number of benzene rings is 1. The Balaban J connectivity index is 1.59. The Morgan fingerprint density at radius 2 is 1.71 bits per heavy atom. The van der Waals surface area contributed by atoms with Gasteiger partial charge in [0.1, 0.15) is 0 Å². The van der Waals surface area contributed by atoms with Crippen LogP contribution in [-0.4, -0.2) is 5.91 Å². The van der Waals surface area contributed by atoms with Crippen molar-refractivity contribution in [1.29, 1.82) is 0 Å². The molecule has 1 aromatic carbocycles. The van der Waals surface area contributed by atoms with Gasteiger partial charge in [-0.3, -0.25) is 4.79 Å². The third-order valence-electron chi connectivity index (χ3n) is 5.70. The Bertz CT molecular complexity index is 565. The molecule has 4 aliphatic carbocycles. The molecule has 0 unspecified atom stereocenters. The Hall–Kier alpha value is -0.540. The molecule has 0 atom stereocenters. The van der Waals surface area contributed by atoms with Gasteiger partial charge in [0.25, 0.3) is 0 Å². The van der Waals surface area contributed by atoms with Gasteiger partial charge in [-0.2, -0.15) is 0 Å². The predicted octanol–water partition coefficient (Wildman–Crippen LogP) is 5.26. The number of amides is 1. The minimum absolute atomic E-state index is 0.115. The third kappa shape index (κ3) is 2.43. The van der Waals surface area contributed by atoms with Gasteiger partial charge in [0.05, 0.1) is 11.1 Å². The molecule has 21 heavy (non-hydrogen) atoms. The number of rotatable bonds is 2. The summed E-state index contributed by atoms with van der Waals surface area (Å²) in [6.45, 7) is 0. The topological polar surface area (TPSA) is 29.1 Å². The molecule has 1 aromatic rings. The zero-order valence-corrected chi connectivity index (χ0v) is 14.2. The summed E-state index contributed by atoms with van der Waals surface area (Å²) in [5.74, 6) is 2.56. The molecular weight excluding hydrogens is 350 g/mol. The molecule has 1 N–H and O–H groups in total. The normalized spacial score (nSPS) is 36.8. The molecule has 112 valence electrons. The van der Waals surface area contributed by atoms with E-state index in [0.29, 0.717) is 5.02 Å². The van der Waals surface area contributed by atoms with Gasteiger partial charge in [0, 0.05) is 9.50 Å². The molecule has 0 spiro atoms. The Labute approximate surface area is 138 Å². The number of hydrogen-bond acceptors (Lipinski definition) is 1. The molecule has 4 bridgehead atoms. The van der Waals surface area contributed by atoms with Crippen LogP contribution < -0.4 is 5.32 Å². The maximum absolute atomic E-state index is 13.0. The molecule has 4 heteroatoms. The summed E-state index contributed by atoms with van der Waals surface area (Å²) >= 11 is 9.54. The van der Waals surface area contributed by atoms with Gasteiger partial charge < -0.3 is 5.32 Å². The second-order valence-electron chi connectivity index (χ2n) is 7.28. The first-order chi connectivity index (χ1) is 10.0. The summed E-state index contributed by atoms with van der Waals surface area (Å²) in [7, 11) is 0. The van der Waals surface area contributed by atoms with Crippen LogP contribution in [0.4, 0.5) is 5.69 Å². The van der Waals surface area contributed by atoms with Gasteiger partial charge in [0.2, 0.25) is 5.91 Å². The average molecular weight is 369 g/mol. The monoisotopic (exact) mass is 367 g/mol. The van der Waals surface area contributed by atoms with Gasteiger partial charge in [-0.15, -0.1) is 0 Å². The van der Waals surface area contributed by atoms with Crippen LogP contribution in [-0.2, 0) is 4.79 Å². The minimum atomic E-state index is -0.115. The molecule has 0 aliphatic heterocycles. The fraction of sp³-hybridized carbons (Fsp3) is 0.588. The lowest BCUT2D eigenvalue weighted by Gasteiger charge is -2.55. The molecular formula is C17H19BrClNO. The zero-order valence-electron chi connectivity index (χ0n) is 11.9. The number of nitrogens with one attached hydrogen (secondary N) is 1. The molecule has 5 rings (SSSR count). The van der Waals surface area contributed by atoms with Crippen molar-refractivity contribution in [2.45, 2.75) is 38.5 Å². The summed E-state index contributed by atoms with van der Waals surface area (Å²) in [5, 5.41) is 3.79. The van der Waals surface area contributed by atoms with Crippen LogP contribution in [0.3, 0.4) is 0 Å². The lowest BCUT2D eigenvalue weighted by Crippen LogP contribution is -2.51. The van der Waals surface area contributed by atoms with E-state index in [1.54, 1.807) is 0 Å². The Morgan fingerprint density at radius 3 is 2.29 bits per heavy atom. The highest BCUT2D eigenvalue weighted by molar-refractivity contribution is 9.10. The molecule has 0 aromatic heterocycles. The summed E-state index contributed by atoms with van der Waals surface area (Å²) in [6.07, 6.45) is 7.32. The van der Waals surface area contributed by atoms with Gasteiger partial charge in [-0.05, 0) is 90.4 Å². The van der Waals surface area contributed by atoms with Crippen molar-refractivity contribution in [3.63, 3.8) is 0 Å². The molecule has 2 nitrogen and oxygen atoms in total. The maximum atomic E-state index is 13.0. The molecule has 1 amide bonds. The number of carbonyl (C=O) groups excluding carboxylic acids is 1. The largest absolute Gasteiger partial charge is 0.325 e. The fourth-order valence-electron chi connectivity index (χ4n) is 5.24. The van der Waals surface area contributed by atoms with E-state index in [1.165, 1.54) is 19.3 Å². The number of anilines is 1. The Morgan fingerprint density at radius 1 is 1.14 bits per heavy atom. The minimum Gasteiger partial charge on any atom is -0.325 e. The van der Waals surface area contributed by atoms with Crippen LogP contribution >= 0.6 is 27.5 Å². The quantitative estimate of drug-likeness (QED) is 0.758.